The molecule has 42 heavy (non-hydrogen) atoms. The van der Waals surface area contributed by atoms with E-state index in [2.05, 4.69) is 17.1 Å². The summed E-state index contributed by atoms with van der Waals surface area (Å²) in [6, 6.07) is 9.78. The van der Waals surface area contributed by atoms with Crippen molar-refractivity contribution in [1.29, 1.82) is 0 Å². The van der Waals surface area contributed by atoms with Gasteiger partial charge in [-0.05, 0) is 115 Å². The number of benzene rings is 2. The molecule has 2 aromatic carbocycles. The molecule has 1 saturated heterocycles. The molecule has 2 unspecified atom stereocenters. The summed E-state index contributed by atoms with van der Waals surface area (Å²) in [7, 11) is 0. The van der Waals surface area contributed by atoms with Crippen LogP contribution in [-0.2, 0) is 10.2 Å². The van der Waals surface area contributed by atoms with Gasteiger partial charge in [-0.2, -0.15) is 0 Å². The number of likely N-dealkylation sites (tertiary alicyclic amines) is 1. The number of phenols is 1. The zero-order chi connectivity index (χ0) is 30.3. The molecule has 1 heterocycles. The van der Waals surface area contributed by atoms with E-state index in [4.69, 9.17) is 9.47 Å². The average molecular weight is 579 g/mol. The Morgan fingerprint density at radius 2 is 1.71 bits per heavy atom. The second kappa shape index (κ2) is 11.5. The molecule has 0 radical (unpaired) electrons. The molecule has 8 heteroatoms. The maximum atomic E-state index is 12.9. The molecule has 0 bridgehead atoms. The molecule has 8 nitrogen and oxygen atoms in total. The number of carbonyl (C=O) groups excluding carboxylic acids is 2. The van der Waals surface area contributed by atoms with Crippen LogP contribution in [0.5, 0.6) is 11.5 Å². The van der Waals surface area contributed by atoms with Crippen molar-refractivity contribution in [3.8, 4) is 11.5 Å². The van der Waals surface area contributed by atoms with Crippen LogP contribution < -0.4 is 10.1 Å². The average Bonchev–Trinajstić information content (AvgIpc) is 2.89. The number of carbonyl (C=O) groups is 2. The third kappa shape index (κ3) is 5.76. The smallest absolute Gasteiger partial charge is 0.417 e. The monoisotopic (exact) mass is 578 g/mol. The Balaban J connectivity index is 1.35. The van der Waals surface area contributed by atoms with Crippen LogP contribution in [0.2, 0.25) is 0 Å². The first-order chi connectivity index (χ1) is 19.8. The summed E-state index contributed by atoms with van der Waals surface area (Å²) >= 11 is 0. The standard InChI is InChI=1S/C34H46N2O6/c1-22-11-16-27(41-31(39)35-26-14-12-25(13-15-26)30(38)42-32(3,4)5)29(37)28(22)33-17-6-7-18-34(33,40)23(2)36(20-19-33)21-24-9-8-10-24/h11-16,23-24,37,40H,6-10,17-21H2,1-5H3,(H,35,39)/t23?,33?,34-/m1/s1. The first-order valence-electron chi connectivity index (χ1n) is 15.4. The quantitative estimate of drug-likeness (QED) is 0.327. The fourth-order valence-electron chi connectivity index (χ4n) is 7.41. The van der Waals surface area contributed by atoms with Gasteiger partial charge in [-0.1, -0.05) is 25.3 Å². The van der Waals surface area contributed by atoms with Crippen molar-refractivity contribution in [2.24, 2.45) is 5.92 Å². The summed E-state index contributed by atoms with van der Waals surface area (Å²) in [6.45, 7) is 11.4. The number of esters is 1. The van der Waals surface area contributed by atoms with E-state index in [1.807, 2.05) is 13.0 Å². The number of rotatable bonds is 6. The van der Waals surface area contributed by atoms with Crippen LogP contribution in [0, 0.1) is 12.8 Å². The number of anilines is 1. The Morgan fingerprint density at radius 1 is 1.02 bits per heavy atom. The number of amides is 1. The van der Waals surface area contributed by atoms with Gasteiger partial charge in [0, 0.05) is 29.3 Å². The molecular formula is C34H46N2O6. The number of ether oxygens (including phenoxy) is 2. The van der Waals surface area contributed by atoms with E-state index in [-0.39, 0.29) is 17.5 Å². The Morgan fingerprint density at radius 3 is 2.36 bits per heavy atom. The molecule has 3 atom stereocenters. The lowest BCUT2D eigenvalue weighted by Gasteiger charge is -2.61. The van der Waals surface area contributed by atoms with E-state index >= 15 is 0 Å². The predicted octanol–water partition coefficient (Wildman–Crippen LogP) is 6.70. The zero-order valence-electron chi connectivity index (χ0n) is 25.7. The van der Waals surface area contributed by atoms with Crippen molar-refractivity contribution in [3.05, 3.63) is 53.1 Å². The van der Waals surface area contributed by atoms with Crippen molar-refractivity contribution < 1.29 is 29.3 Å². The number of hydrogen-bond donors (Lipinski definition) is 3. The van der Waals surface area contributed by atoms with Gasteiger partial charge in [0.05, 0.1) is 11.2 Å². The van der Waals surface area contributed by atoms with E-state index < -0.39 is 28.7 Å². The van der Waals surface area contributed by atoms with Gasteiger partial charge < -0.3 is 19.7 Å². The zero-order valence-corrected chi connectivity index (χ0v) is 25.7. The number of aryl methyl sites for hydroxylation is 1. The Labute approximate surface area is 249 Å². The van der Waals surface area contributed by atoms with Crippen molar-refractivity contribution in [2.75, 3.05) is 18.4 Å². The number of phenolic OH excluding ortho intramolecular Hbond substituents is 1. The molecule has 2 aromatic rings. The fourth-order valence-corrected chi connectivity index (χ4v) is 7.41. The summed E-state index contributed by atoms with van der Waals surface area (Å²) < 4.78 is 11.0. The summed E-state index contributed by atoms with van der Waals surface area (Å²) in [5.41, 5.74) is 0.174. The van der Waals surface area contributed by atoms with Crippen LogP contribution in [0.3, 0.4) is 0 Å². The van der Waals surface area contributed by atoms with Gasteiger partial charge in [-0.15, -0.1) is 0 Å². The summed E-state index contributed by atoms with van der Waals surface area (Å²) in [5, 5.41) is 26.8. The Bertz CT molecular complexity index is 1310. The summed E-state index contributed by atoms with van der Waals surface area (Å²) in [5.74, 6) is 0.251. The molecule has 228 valence electrons. The van der Waals surface area contributed by atoms with Crippen molar-refractivity contribution in [3.63, 3.8) is 0 Å². The van der Waals surface area contributed by atoms with E-state index in [0.29, 0.717) is 29.2 Å². The van der Waals surface area contributed by atoms with Gasteiger partial charge in [-0.25, -0.2) is 9.59 Å². The maximum Gasteiger partial charge on any atom is 0.417 e. The highest BCUT2D eigenvalue weighted by atomic mass is 16.6. The molecule has 3 aliphatic rings. The Kier molecular flexibility index (Phi) is 8.33. The van der Waals surface area contributed by atoms with Crippen LogP contribution in [0.4, 0.5) is 10.5 Å². The molecule has 2 saturated carbocycles. The molecule has 1 amide bonds. The van der Waals surface area contributed by atoms with Gasteiger partial charge in [0.25, 0.3) is 0 Å². The van der Waals surface area contributed by atoms with Crippen LogP contribution >= 0.6 is 0 Å². The number of aromatic hydroxyl groups is 1. The van der Waals surface area contributed by atoms with Crippen LogP contribution in [0.25, 0.3) is 0 Å². The third-order valence-electron chi connectivity index (χ3n) is 9.82. The van der Waals surface area contributed by atoms with Crippen LogP contribution in [0.1, 0.15) is 101 Å². The SMILES string of the molecule is Cc1ccc(OC(=O)Nc2ccc(C(=O)OC(C)(C)C)cc2)c(O)c1C12CCCC[C@@]1(O)C(C)N(CC1CCC1)CC2. The normalized spacial score (nSPS) is 26.6. The van der Waals surface area contributed by atoms with Crippen LogP contribution in [-0.4, -0.2) is 57.5 Å². The topological polar surface area (TPSA) is 108 Å². The first-order valence-corrected chi connectivity index (χ1v) is 15.4. The lowest BCUT2D eigenvalue weighted by molar-refractivity contribution is -0.158. The molecule has 0 aromatic heterocycles. The number of aliphatic hydroxyl groups is 1. The summed E-state index contributed by atoms with van der Waals surface area (Å²) in [6.07, 6.45) is 7.19. The lowest BCUT2D eigenvalue weighted by atomic mass is 9.53. The minimum Gasteiger partial charge on any atom is -0.504 e. The maximum absolute atomic E-state index is 12.9. The largest absolute Gasteiger partial charge is 0.504 e. The minimum absolute atomic E-state index is 0.0394. The fraction of sp³-hybridized carbons (Fsp3) is 0.588. The Hall–Kier alpha value is -3.10. The highest BCUT2D eigenvalue weighted by molar-refractivity contribution is 5.91. The predicted molar refractivity (Wildman–Crippen MR) is 162 cm³/mol. The third-order valence-corrected chi connectivity index (χ3v) is 9.82. The minimum atomic E-state index is -0.994. The second-order valence-electron chi connectivity index (χ2n) is 13.6. The van der Waals surface area contributed by atoms with Gasteiger partial charge in [0.1, 0.15) is 5.60 Å². The first kappa shape index (κ1) is 30.4. The molecule has 3 N–H and O–H groups in total. The molecule has 3 fully saturated rings. The van der Waals surface area contributed by atoms with Gasteiger partial charge in [0.2, 0.25) is 0 Å². The number of nitrogens with one attached hydrogen (secondary N) is 1. The highest BCUT2D eigenvalue weighted by Gasteiger charge is 2.60. The van der Waals surface area contributed by atoms with E-state index in [0.717, 1.165) is 44.3 Å². The number of piperidine rings is 1. The van der Waals surface area contributed by atoms with Crippen molar-refractivity contribution >= 4 is 17.7 Å². The van der Waals surface area contributed by atoms with E-state index in [9.17, 15) is 19.8 Å². The number of fused-ring (bicyclic) bond motifs is 1. The molecule has 0 spiro atoms. The molecular weight excluding hydrogens is 532 g/mol. The van der Waals surface area contributed by atoms with Gasteiger partial charge >= 0.3 is 12.1 Å². The number of nitrogens with zero attached hydrogens (tertiary/aromatic N) is 1. The van der Waals surface area contributed by atoms with E-state index in [1.54, 1.807) is 51.1 Å². The van der Waals surface area contributed by atoms with Gasteiger partial charge in [0.15, 0.2) is 11.5 Å². The lowest BCUT2D eigenvalue weighted by Crippen LogP contribution is -2.69. The second-order valence-corrected chi connectivity index (χ2v) is 13.6. The molecule has 2 aliphatic carbocycles. The highest BCUT2D eigenvalue weighted by Crippen LogP contribution is 2.58. The number of hydrogen-bond acceptors (Lipinski definition) is 7. The molecule has 5 rings (SSSR count). The van der Waals surface area contributed by atoms with Crippen molar-refractivity contribution in [1.82, 2.24) is 4.90 Å². The van der Waals surface area contributed by atoms with E-state index in [1.165, 1.54) is 19.3 Å². The molecule has 1 aliphatic heterocycles. The van der Waals surface area contributed by atoms with Crippen molar-refractivity contribution in [2.45, 2.75) is 109 Å². The van der Waals surface area contributed by atoms with Gasteiger partial charge in [-0.3, -0.25) is 10.2 Å². The summed E-state index contributed by atoms with van der Waals surface area (Å²) in [4.78, 5) is 27.7. The van der Waals surface area contributed by atoms with Crippen LogP contribution in [0.15, 0.2) is 36.4 Å².